The Morgan fingerprint density at radius 1 is 0.960 bits per heavy atom. The smallest absolute Gasteiger partial charge is 0.367 e. The molecule has 0 aliphatic carbocycles. The molecule has 0 fully saturated rings. The van der Waals surface area contributed by atoms with Crippen molar-refractivity contribution < 1.29 is 4.74 Å². The van der Waals surface area contributed by atoms with E-state index < -0.39 is 0 Å². The Hall–Kier alpha value is -3.41. The van der Waals surface area contributed by atoms with E-state index in [1.54, 1.807) is 13.2 Å². The number of fused-ring (bicyclic) bond motifs is 1. The van der Waals surface area contributed by atoms with Crippen molar-refractivity contribution in [3.05, 3.63) is 82.8 Å². The molecule has 0 saturated carbocycles. The maximum atomic E-state index is 12.6. The van der Waals surface area contributed by atoms with Crippen molar-refractivity contribution in [3.63, 3.8) is 0 Å². The van der Waals surface area contributed by atoms with Gasteiger partial charge in [-0.15, -0.1) is 5.10 Å². The molecule has 0 amide bonds. The first-order chi connectivity index (χ1) is 12.2. The van der Waals surface area contributed by atoms with E-state index >= 15 is 0 Å². The fourth-order valence-electron chi connectivity index (χ4n) is 2.72. The van der Waals surface area contributed by atoms with Crippen LogP contribution < -0.4 is 10.4 Å². The highest BCUT2D eigenvalue weighted by Gasteiger charge is 2.10. The number of benzene rings is 2. The van der Waals surface area contributed by atoms with Crippen molar-refractivity contribution in [2.75, 3.05) is 7.11 Å². The summed E-state index contributed by atoms with van der Waals surface area (Å²) < 4.78 is 7.97. The summed E-state index contributed by atoms with van der Waals surface area (Å²) in [4.78, 5) is 12.6. The zero-order valence-corrected chi connectivity index (χ0v) is 13.7. The second-order valence-corrected chi connectivity index (χ2v) is 5.65. The van der Waals surface area contributed by atoms with Crippen molar-refractivity contribution in [2.45, 2.75) is 6.54 Å². The number of nitrogens with zero attached hydrogens (tertiary/aromatic N) is 4. The van der Waals surface area contributed by atoms with Gasteiger partial charge in [0.1, 0.15) is 5.75 Å². The predicted molar refractivity (Wildman–Crippen MR) is 94.8 cm³/mol. The molecule has 2 aromatic carbocycles. The van der Waals surface area contributed by atoms with E-state index in [0.29, 0.717) is 12.2 Å². The van der Waals surface area contributed by atoms with Gasteiger partial charge < -0.3 is 4.74 Å². The summed E-state index contributed by atoms with van der Waals surface area (Å²) >= 11 is 0. The second-order valence-electron chi connectivity index (χ2n) is 5.65. The normalized spacial score (nSPS) is 10.9. The van der Waals surface area contributed by atoms with E-state index in [1.165, 1.54) is 9.20 Å². The van der Waals surface area contributed by atoms with Crippen LogP contribution in [0.1, 0.15) is 5.56 Å². The Morgan fingerprint density at radius 2 is 1.80 bits per heavy atom. The minimum atomic E-state index is -0.268. The predicted octanol–water partition coefficient (Wildman–Crippen LogP) is 2.61. The lowest BCUT2D eigenvalue weighted by atomic mass is 10.1. The zero-order chi connectivity index (χ0) is 17.2. The van der Waals surface area contributed by atoms with Crippen LogP contribution in [0, 0.1) is 0 Å². The first-order valence-electron chi connectivity index (χ1n) is 7.90. The molecule has 25 heavy (non-hydrogen) atoms. The zero-order valence-electron chi connectivity index (χ0n) is 13.7. The second kappa shape index (κ2) is 6.24. The SMILES string of the molecule is COc1cccc(Cn2nc3ccc(-c4ccccc4)nn3c2=O)c1. The van der Waals surface area contributed by atoms with Crippen LogP contribution in [0.15, 0.2) is 71.5 Å². The number of aromatic nitrogens is 4. The third kappa shape index (κ3) is 2.89. The molecule has 6 nitrogen and oxygen atoms in total. The molecule has 124 valence electrons. The number of ether oxygens (including phenoxy) is 1. The van der Waals surface area contributed by atoms with Gasteiger partial charge in [0.05, 0.1) is 19.3 Å². The van der Waals surface area contributed by atoms with Gasteiger partial charge in [-0.2, -0.15) is 9.61 Å². The Balaban J connectivity index is 1.74. The quantitative estimate of drug-likeness (QED) is 0.576. The summed E-state index contributed by atoms with van der Waals surface area (Å²) in [6, 6.07) is 21.0. The minimum Gasteiger partial charge on any atom is -0.497 e. The summed E-state index contributed by atoms with van der Waals surface area (Å²) in [7, 11) is 1.62. The van der Waals surface area contributed by atoms with Gasteiger partial charge in [0.15, 0.2) is 5.65 Å². The lowest BCUT2D eigenvalue weighted by Crippen LogP contribution is -2.23. The third-order valence-electron chi connectivity index (χ3n) is 3.98. The van der Waals surface area contributed by atoms with Gasteiger partial charge in [-0.05, 0) is 29.8 Å². The molecule has 0 aliphatic rings. The van der Waals surface area contributed by atoms with Crippen molar-refractivity contribution in [2.24, 2.45) is 0 Å². The molecule has 0 N–H and O–H groups in total. The molecule has 0 saturated heterocycles. The minimum absolute atomic E-state index is 0.268. The summed E-state index contributed by atoms with van der Waals surface area (Å²) in [5.41, 5.74) is 2.88. The molecule has 2 aromatic heterocycles. The molecule has 0 unspecified atom stereocenters. The molecule has 4 rings (SSSR count). The van der Waals surface area contributed by atoms with Crippen LogP contribution >= 0.6 is 0 Å². The van der Waals surface area contributed by atoms with Crippen LogP contribution in [-0.4, -0.2) is 26.5 Å². The lowest BCUT2D eigenvalue weighted by Gasteiger charge is -2.03. The van der Waals surface area contributed by atoms with Gasteiger partial charge >= 0.3 is 5.69 Å². The monoisotopic (exact) mass is 332 g/mol. The van der Waals surface area contributed by atoms with E-state index in [1.807, 2.05) is 60.7 Å². The van der Waals surface area contributed by atoms with Gasteiger partial charge in [0.2, 0.25) is 0 Å². The summed E-state index contributed by atoms with van der Waals surface area (Å²) in [6.45, 7) is 0.361. The van der Waals surface area contributed by atoms with Crippen LogP contribution in [0.25, 0.3) is 16.9 Å². The number of rotatable bonds is 4. The standard InChI is InChI=1S/C19H16N4O2/c1-25-16-9-5-6-14(12-16)13-22-19(24)23-18(21-22)11-10-17(20-23)15-7-3-2-4-8-15/h2-12H,13H2,1H3. The van der Waals surface area contributed by atoms with Gasteiger partial charge in [-0.1, -0.05) is 42.5 Å². The van der Waals surface area contributed by atoms with E-state index in [-0.39, 0.29) is 5.69 Å². The van der Waals surface area contributed by atoms with Crippen LogP contribution in [-0.2, 0) is 6.54 Å². The number of hydrogen-bond donors (Lipinski definition) is 0. The maximum Gasteiger partial charge on any atom is 0.367 e. The van der Waals surface area contributed by atoms with Gasteiger partial charge in [-0.3, -0.25) is 0 Å². The molecule has 4 aromatic rings. The molecule has 6 heteroatoms. The van der Waals surface area contributed by atoms with E-state index in [2.05, 4.69) is 10.2 Å². The van der Waals surface area contributed by atoms with Gasteiger partial charge in [0, 0.05) is 5.56 Å². The number of methoxy groups -OCH3 is 1. The highest BCUT2D eigenvalue weighted by molar-refractivity contribution is 5.59. The average molecular weight is 332 g/mol. The van der Waals surface area contributed by atoms with Crippen molar-refractivity contribution in [1.29, 1.82) is 0 Å². The fraction of sp³-hybridized carbons (Fsp3) is 0.105. The number of hydrogen-bond acceptors (Lipinski definition) is 4. The Bertz CT molecular complexity index is 1080. The van der Waals surface area contributed by atoms with Crippen LogP contribution in [0.3, 0.4) is 0 Å². The molecule has 0 spiro atoms. The molecule has 2 heterocycles. The van der Waals surface area contributed by atoms with E-state index in [4.69, 9.17) is 4.74 Å². The first-order valence-corrected chi connectivity index (χ1v) is 7.90. The molecular formula is C19H16N4O2. The largest absolute Gasteiger partial charge is 0.497 e. The van der Waals surface area contributed by atoms with Crippen LogP contribution in [0.2, 0.25) is 0 Å². The fourth-order valence-corrected chi connectivity index (χ4v) is 2.72. The summed E-state index contributed by atoms with van der Waals surface area (Å²) in [5, 5.41) is 8.80. The maximum absolute atomic E-state index is 12.6. The lowest BCUT2D eigenvalue weighted by molar-refractivity contribution is 0.414. The van der Waals surface area contributed by atoms with Crippen molar-refractivity contribution in [1.82, 2.24) is 19.4 Å². The van der Waals surface area contributed by atoms with Crippen LogP contribution in [0.5, 0.6) is 5.75 Å². The Kier molecular flexibility index (Phi) is 3.78. The highest BCUT2D eigenvalue weighted by Crippen LogP contribution is 2.16. The summed E-state index contributed by atoms with van der Waals surface area (Å²) in [5.74, 6) is 0.749. The highest BCUT2D eigenvalue weighted by atomic mass is 16.5. The van der Waals surface area contributed by atoms with Gasteiger partial charge in [0.25, 0.3) is 0 Å². The average Bonchev–Trinajstić information content (AvgIpc) is 2.98. The van der Waals surface area contributed by atoms with E-state index in [0.717, 1.165) is 22.6 Å². The van der Waals surface area contributed by atoms with Gasteiger partial charge in [-0.25, -0.2) is 9.48 Å². The van der Waals surface area contributed by atoms with Crippen molar-refractivity contribution >= 4 is 5.65 Å². The Morgan fingerprint density at radius 3 is 2.60 bits per heavy atom. The topological polar surface area (TPSA) is 61.4 Å². The van der Waals surface area contributed by atoms with E-state index in [9.17, 15) is 4.79 Å². The van der Waals surface area contributed by atoms with Crippen molar-refractivity contribution in [3.8, 4) is 17.0 Å². The molecule has 0 atom stereocenters. The molecule has 0 radical (unpaired) electrons. The van der Waals surface area contributed by atoms with Crippen LogP contribution in [0.4, 0.5) is 0 Å². The molecule has 0 aliphatic heterocycles. The molecule has 0 bridgehead atoms. The molecular weight excluding hydrogens is 316 g/mol. The third-order valence-corrected chi connectivity index (χ3v) is 3.98. The summed E-state index contributed by atoms with van der Waals surface area (Å²) in [6.07, 6.45) is 0. The Labute approximate surface area is 143 Å². The first kappa shape index (κ1) is 15.1.